The summed E-state index contributed by atoms with van der Waals surface area (Å²) in [6.45, 7) is 4.68. The van der Waals surface area contributed by atoms with E-state index < -0.39 is 0 Å². The third kappa shape index (κ3) is 20.1. The Bertz CT molecular complexity index is 62.7. The van der Waals surface area contributed by atoms with Crippen LogP contribution in [-0.2, 0) is 4.79 Å². The van der Waals surface area contributed by atoms with E-state index in [1.807, 2.05) is 0 Å². The molecule has 0 saturated heterocycles. The molecule has 0 aliphatic carbocycles. The zero-order chi connectivity index (χ0) is 4.28. The quantitative estimate of drug-likeness (QED) is 0.336. The Labute approximate surface area is 71.9 Å². The second-order valence-corrected chi connectivity index (χ2v) is 0.815. The van der Waals surface area contributed by atoms with Crippen molar-refractivity contribution in [1.29, 1.82) is 0 Å². The van der Waals surface area contributed by atoms with Crippen molar-refractivity contribution in [1.82, 2.24) is 0 Å². The summed E-state index contributed by atoms with van der Waals surface area (Å²) in [5.74, 6) is 0.0185. The van der Waals surface area contributed by atoms with Gasteiger partial charge in [-0.3, -0.25) is 4.79 Å². The molecule has 0 aliphatic heterocycles. The number of hydrogen-bond donors (Lipinski definition) is 0. The Morgan fingerprint density at radius 1 is 1.71 bits per heavy atom. The third-order valence-corrected chi connectivity index (χ3v) is 0.287. The number of ketones is 1. The second kappa shape index (κ2) is 9.91. The molecule has 0 saturated carbocycles. The molecule has 0 aromatic rings. The zero-order valence-corrected chi connectivity index (χ0v) is 6.31. The van der Waals surface area contributed by atoms with Crippen molar-refractivity contribution in [2.75, 3.05) is 0 Å². The minimum Gasteiger partial charge on any atom is -0.295 e. The number of carbonyl (C=O) groups is 1. The Hall–Kier alpha value is 0.774. The van der Waals surface area contributed by atoms with E-state index in [0.29, 0.717) is 0 Å². The van der Waals surface area contributed by atoms with Gasteiger partial charge in [0.25, 0.3) is 0 Å². The fraction of sp³-hybridized carbons (Fsp3) is 0.250. The van der Waals surface area contributed by atoms with Gasteiger partial charge >= 0.3 is 0 Å². The molecule has 0 rings (SSSR count). The van der Waals surface area contributed by atoms with Gasteiger partial charge in [-0.2, -0.15) is 0 Å². The van der Waals surface area contributed by atoms with E-state index in [1.165, 1.54) is 13.0 Å². The predicted molar refractivity (Wildman–Crippen MR) is 32.4 cm³/mol. The first-order valence-electron chi connectivity index (χ1n) is 1.40. The van der Waals surface area contributed by atoms with Crippen LogP contribution in [0.2, 0.25) is 0 Å². The summed E-state index contributed by atoms with van der Waals surface area (Å²) in [6, 6.07) is 0. The second-order valence-electron chi connectivity index (χ2n) is 0.815. The standard InChI is InChI=1S/C4H6O.Li.Mg/c1-3-4(2)5;;/h3H,1H2,2H3;;. The first-order valence-corrected chi connectivity index (χ1v) is 1.40. The molecule has 3 radical (unpaired) electrons. The average Bonchev–Trinajstić information content (AvgIpc) is 1.38. The Morgan fingerprint density at radius 3 is 1.86 bits per heavy atom. The maximum absolute atomic E-state index is 9.69. The van der Waals surface area contributed by atoms with Crippen molar-refractivity contribution in [2.45, 2.75) is 6.92 Å². The molecule has 3 heteroatoms. The summed E-state index contributed by atoms with van der Waals surface area (Å²) in [6.07, 6.45) is 1.28. The molecule has 0 aromatic heterocycles. The van der Waals surface area contributed by atoms with Crippen LogP contribution in [0.25, 0.3) is 0 Å². The van der Waals surface area contributed by atoms with E-state index in [-0.39, 0.29) is 47.7 Å². The topological polar surface area (TPSA) is 17.1 Å². The summed E-state index contributed by atoms with van der Waals surface area (Å²) in [5, 5.41) is 0. The number of carbonyl (C=O) groups excluding carboxylic acids is 1. The minimum absolute atomic E-state index is 0. The van der Waals surface area contributed by atoms with E-state index in [4.69, 9.17) is 0 Å². The summed E-state index contributed by atoms with van der Waals surface area (Å²) in [4.78, 5) is 9.69. The maximum Gasteiger partial charge on any atom is 0.152 e. The Morgan fingerprint density at radius 2 is 1.86 bits per heavy atom. The van der Waals surface area contributed by atoms with Crippen LogP contribution in [0.1, 0.15) is 6.92 Å². The molecule has 0 atom stereocenters. The Balaban J connectivity index is -0.0000000800. The van der Waals surface area contributed by atoms with Crippen LogP contribution in [0, 0.1) is 0 Å². The van der Waals surface area contributed by atoms with Crippen LogP contribution in [-0.4, -0.2) is 47.7 Å². The fourth-order valence-electron chi connectivity index (χ4n) is 0. The molecule has 0 unspecified atom stereocenters. The molecule has 0 N–H and O–H groups in total. The van der Waals surface area contributed by atoms with Crippen molar-refractivity contribution in [3.63, 3.8) is 0 Å². The number of rotatable bonds is 1. The molecular weight excluding hydrogens is 95.3 g/mol. The van der Waals surface area contributed by atoms with E-state index in [9.17, 15) is 4.79 Å². The summed E-state index contributed by atoms with van der Waals surface area (Å²) >= 11 is 0. The molecule has 0 amide bonds. The van der Waals surface area contributed by atoms with Crippen LogP contribution in [0.3, 0.4) is 0 Å². The van der Waals surface area contributed by atoms with Gasteiger partial charge in [0.1, 0.15) is 0 Å². The predicted octanol–water partition coefficient (Wildman–Crippen LogP) is -0.000200. The molecule has 7 heavy (non-hydrogen) atoms. The molecule has 1 nitrogen and oxygen atoms in total. The normalized spacial score (nSPS) is 4.71. The van der Waals surface area contributed by atoms with Crippen LogP contribution in [0.4, 0.5) is 0 Å². The van der Waals surface area contributed by atoms with Crippen LogP contribution in [0.5, 0.6) is 0 Å². The van der Waals surface area contributed by atoms with Crippen molar-refractivity contribution in [3.8, 4) is 0 Å². The van der Waals surface area contributed by atoms with E-state index in [1.54, 1.807) is 0 Å². The van der Waals surface area contributed by atoms with Gasteiger partial charge < -0.3 is 0 Å². The van der Waals surface area contributed by atoms with Gasteiger partial charge in [-0.25, -0.2) is 0 Å². The molecule has 0 aromatic carbocycles. The minimum atomic E-state index is 0. The first kappa shape index (κ1) is 15.7. The summed E-state index contributed by atoms with van der Waals surface area (Å²) in [5.41, 5.74) is 0. The van der Waals surface area contributed by atoms with E-state index in [0.717, 1.165) is 0 Å². The van der Waals surface area contributed by atoms with Crippen molar-refractivity contribution in [3.05, 3.63) is 12.7 Å². The van der Waals surface area contributed by atoms with Crippen molar-refractivity contribution in [2.24, 2.45) is 0 Å². The molecule has 0 heterocycles. The van der Waals surface area contributed by atoms with Crippen LogP contribution < -0.4 is 0 Å². The number of allylic oxidation sites excluding steroid dienone is 1. The van der Waals surface area contributed by atoms with Gasteiger partial charge in [0.05, 0.1) is 0 Å². The van der Waals surface area contributed by atoms with Crippen LogP contribution in [0.15, 0.2) is 12.7 Å². The summed E-state index contributed by atoms with van der Waals surface area (Å²) in [7, 11) is 0. The van der Waals surface area contributed by atoms with E-state index >= 15 is 0 Å². The molecule has 0 aliphatic rings. The van der Waals surface area contributed by atoms with Gasteiger partial charge in [-0.1, -0.05) is 6.58 Å². The Kier molecular flexibility index (Phi) is 22.2. The van der Waals surface area contributed by atoms with Gasteiger partial charge in [0.2, 0.25) is 0 Å². The monoisotopic (exact) mass is 101 g/mol. The molecule has 0 fully saturated rings. The molecule has 0 bridgehead atoms. The third-order valence-electron chi connectivity index (χ3n) is 0.287. The van der Waals surface area contributed by atoms with Gasteiger partial charge in [-0.05, 0) is 13.0 Å². The average molecular weight is 101 g/mol. The first-order chi connectivity index (χ1) is 2.27. The van der Waals surface area contributed by atoms with Gasteiger partial charge in [0, 0.05) is 41.9 Å². The van der Waals surface area contributed by atoms with Crippen molar-refractivity contribution < 1.29 is 4.79 Å². The molecular formula is C4H6LiMgO. The van der Waals surface area contributed by atoms with Gasteiger partial charge in [-0.15, -0.1) is 0 Å². The molecule has 0 spiro atoms. The largest absolute Gasteiger partial charge is 0.295 e. The fourth-order valence-corrected chi connectivity index (χ4v) is 0. The SMILES string of the molecule is C=CC(C)=O.[Li].[Mg]. The van der Waals surface area contributed by atoms with E-state index in [2.05, 4.69) is 6.58 Å². The number of hydrogen-bond acceptors (Lipinski definition) is 1. The summed E-state index contributed by atoms with van der Waals surface area (Å²) < 4.78 is 0. The smallest absolute Gasteiger partial charge is 0.152 e. The van der Waals surface area contributed by atoms with Crippen LogP contribution >= 0.6 is 0 Å². The van der Waals surface area contributed by atoms with Gasteiger partial charge in [0.15, 0.2) is 5.78 Å². The maximum atomic E-state index is 9.69. The zero-order valence-electron chi connectivity index (χ0n) is 4.90. The molecule has 31 valence electrons. The van der Waals surface area contributed by atoms with Crippen molar-refractivity contribution >= 4 is 47.7 Å².